The molecule has 9 rings (SSSR count). The Labute approximate surface area is 415 Å². The second kappa shape index (κ2) is 21.7. The largest absolute Gasteiger partial charge is 0.507 e. The van der Waals surface area contributed by atoms with Crippen LogP contribution in [-0.4, -0.2) is 111 Å². The Morgan fingerprint density at radius 2 is 1.69 bits per heavy atom. The summed E-state index contributed by atoms with van der Waals surface area (Å²) in [6.45, 7) is 15.9. The van der Waals surface area contributed by atoms with Crippen LogP contribution in [0.2, 0.25) is 0 Å². The predicted octanol–water partition coefficient (Wildman–Crippen LogP) is 6.57. The number of aromatic hydroxyl groups is 2. The van der Waals surface area contributed by atoms with Crippen molar-refractivity contribution >= 4 is 40.0 Å². The van der Waals surface area contributed by atoms with Gasteiger partial charge < -0.3 is 45.1 Å². The summed E-state index contributed by atoms with van der Waals surface area (Å²) in [6.07, 6.45) is 10.8. The number of phenols is 2. The van der Waals surface area contributed by atoms with Crippen LogP contribution in [0.4, 0.5) is 5.69 Å². The molecule has 71 heavy (non-hydrogen) atoms. The van der Waals surface area contributed by atoms with Gasteiger partial charge in [-0.2, -0.15) is 0 Å². The van der Waals surface area contributed by atoms with E-state index in [-0.39, 0.29) is 74.5 Å². The van der Waals surface area contributed by atoms with Crippen molar-refractivity contribution in [1.29, 1.82) is 0 Å². The number of allylic oxidation sites excluding steroid dienone is 4. The fourth-order valence-electron chi connectivity index (χ4n) is 10.4. The minimum atomic E-state index is -1.89. The number of fused-ring (bicyclic) bond motifs is 13. The van der Waals surface area contributed by atoms with E-state index in [1.165, 1.54) is 18.7 Å². The molecule has 3 aromatic carbocycles. The highest BCUT2D eigenvalue weighted by atomic mass is 16.7. The van der Waals surface area contributed by atoms with Crippen molar-refractivity contribution in [2.24, 2.45) is 21.8 Å². The number of hydrogen-bond acceptors (Lipinski definition) is 14. The number of likely N-dealkylation sites (tertiary alicyclic amines) is 2. The number of esters is 1. The highest BCUT2D eigenvalue weighted by Gasteiger charge is 2.50. The van der Waals surface area contributed by atoms with E-state index in [0.29, 0.717) is 43.7 Å². The summed E-state index contributed by atoms with van der Waals surface area (Å²) in [6, 6.07) is 10.2. The molecule has 0 saturated carbocycles. The zero-order chi connectivity index (χ0) is 50.6. The van der Waals surface area contributed by atoms with Crippen LogP contribution in [0.25, 0.3) is 10.8 Å². The first-order valence-electron chi connectivity index (χ1n) is 25.3. The van der Waals surface area contributed by atoms with Gasteiger partial charge in [0.05, 0.1) is 29.0 Å². The lowest BCUT2D eigenvalue weighted by molar-refractivity contribution is -0.153. The van der Waals surface area contributed by atoms with Crippen LogP contribution in [0.1, 0.15) is 120 Å². The standard InChI is InChI=1S/C55H70N6O10/c1-33(2)31-61-26-22-55(23-27-61)58-46-43-44-49(65)36(5)51-45(43)52(67)54(6,71-51)69-28-11-10-17-40(70-42(64)30-41(63)56-38-20-24-60(25-21-38)32-37-15-8-7-9-16-37)29-39(62)19-18-34(3)13-12-14-35(4)53(68)57-48(50(44)66)47(46)59-55/h7-9,11-16,28,33-34,38-40,58,62,65-66H,10,17-27,29-32H2,1-6H3,(H,56,63)/b13-12+,28-11+,35-14-,57-48?/t34?,39?,40-,54?/m1/s1. The van der Waals surface area contributed by atoms with E-state index in [2.05, 4.69) is 51.4 Å². The fraction of sp³-hybridized carbons (Fsp3) is 0.527. The maximum absolute atomic E-state index is 14.7. The summed E-state index contributed by atoms with van der Waals surface area (Å²) < 4.78 is 18.3. The van der Waals surface area contributed by atoms with E-state index in [0.717, 1.165) is 52.1 Å². The third-order valence-electron chi connectivity index (χ3n) is 14.4. The molecule has 16 heteroatoms. The van der Waals surface area contributed by atoms with Gasteiger partial charge in [-0.05, 0) is 75.8 Å². The Bertz CT molecular complexity index is 2740. The van der Waals surface area contributed by atoms with Gasteiger partial charge in [-0.3, -0.25) is 29.1 Å². The molecular formula is C55H70N6O10. The van der Waals surface area contributed by atoms with Crippen molar-refractivity contribution in [2.45, 2.75) is 142 Å². The fourth-order valence-corrected chi connectivity index (χ4v) is 10.4. The molecule has 6 aliphatic rings. The molecule has 5 N–H and O–H groups in total. The molecule has 380 valence electrons. The van der Waals surface area contributed by atoms with Gasteiger partial charge in [0.15, 0.2) is 5.75 Å². The Balaban J connectivity index is 1.03. The third kappa shape index (κ3) is 11.7. The number of carbonyl (C=O) groups excluding carboxylic acids is 4. The predicted molar refractivity (Wildman–Crippen MR) is 268 cm³/mol. The lowest BCUT2D eigenvalue weighted by Gasteiger charge is -2.38. The molecule has 6 aliphatic heterocycles. The van der Waals surface area contributed by atoms with Crippen molar-refractivity contribution in [1.82, 2.24) is 15.1 Å². The molecule has 3 aromatic rings. The van der Waals surface area contributed by atoms with Crippen molar-refractivity contribution in [3.8, 4) is 17.2 Å². The Hall–Kier alpha value is -6.10. The van der Waals surface area contributed by atoms with Crippen LogP contribution in [0, 0.1) is 18.8 Å². The number of benzene rings is 3. The number of nitrogens with one attached hydrogen (secondary N) is 2. The highest BCUT2D eigenvalue weighted by molar-refractivity contribution is 6.21. The molecule has 5 bridgehead atoms. The van der Waals surface area contributed by atoms with Gasteiger partial charge in [0, 0.05) is 88.0 Å². The Morgan fingerprint density at radius 1 is 0.958 bits per heavy atom. The smallest absolute Gasteiger partial charge is 0.315 e. The lowest BCUT2D eigenvalue weighted by atomic mass is 9.92. The number of anilines is 1. The molecule has 4 atom stereocenters. The van der Waals surface area contributed by atoms with Gasteiger partial charge in [-0.15, -0.1) is 0 Å². The zero-order valence-electron chi connectivity index (χ0n) is 42.0. The molecule has 16 nitrogen and oxygen atoms in total. The van der Waals surface area contributed by atoms with Gasteiger partial charge in [0.2, 0.25) is 5.91 Å². The van der Waals surface area contributed by atoms with Crippen LogP contribution in [-0.2, 0) is 30.4 Å². The Morgan fingerprint density at radius 3 is 2.41 bits per heavy atom. The molecule has 0 radical (unpaired) electrons. The molecule has 2 fully saturated rings. The number of piperidine rings is 2. The maximum atomic E-state index is 14.7. The highest BCUT2D eigenvalue weighted by Crippen LogP contribution is 2.51. The van der Waals surface area contributed by atoms with E-state index >= 15 is 0 Å². The van der Waals surface area contributed by atoms with E-state index in [1.807, 2.05) is 31.2 Å². The van der Waals surface area contributed by atoms with Crippen molar-refractivity contribution in [3.63, 3.8) is 0 Å². The van der Waals surface area contributed by atoms with E-state index < -0.39 is 59.4 Å². The first-order chi connectivity index (χ1) is 33.9. The average molecular weight is 975 g/mol. The topological polar surface area (TPSA) is 212 Å². The van der Waals surface area contributed by atoms with Crippen LogP contribution < -0.4 is 26.1 Å². The van der Waals surface area contributed by atoms with E-state index in [1.54, 1.807) is 32.1 Å². The molecule has 3 unspecified atom stereocenters. The van der Waals surface area contributed by atoms with Gasteiger partial charge in [-0.1, -0.05) is 69.3 Å². The van der Waals surface area contributed by atoms with Gasteiger partial charge in [0.1, 0.15) is 40.4 Å². The van der Waals surface area contributed by atoms with Gasteiger partial charge >= 0.3 is 11.8 Å². The maximum Gasteiger partial charge on any atom is 0.315 e. The minimum absolute atomic E-state index is 0.00103. The van der Waals surface area contributed by atoms with Crippen molar-refractivity contribution in [3.05, 3.63) is 93.9 Å². The molecular weight excluding hydrogens is 905 g/mol. The number of nitrogens with zero attached hydrogens (tertiary/aromatic N) is 4. The number of rotatable bonds is 8. The second-order valence-electron chi connectivity index (χ2n) is 20.7. The number of aliphatic hydroxyl groups excluding tert-OH is 1. The number of hydrogen-bond donors (Lipinski definition) is 5. The van der Waals surface area contributed by atoms with Crippen LogP contribution in [0.15, 0.2) is 76.5 Å². The average Bonchev–Trinajstić information content (AvgIpc) is 3.83. The zero-order valence-corrected chi connectivity index (χ0v) is 42.0. The van der Waals surface area contributed by atoms with E-state index in [4.69, 9.17) is 19.2 Å². The molecule has 0 aromatic heterocycles. The second-order valence-corrected chi connectivity index (χ2v) is 20.7. The number of carbonyl (C=O) groups is 4. The first kappa shape index (κ1) is 51.3. The van der Waals surface area contributed by atoms with Crippen LogP contribution >= 0.6 is 0 Å². The number of ether oxygens (including phenoxy) is 3. The lowest BCUT2D eigenvalue weighted by Crippen LogP contribution is -2.47. The van der Waals surface area contributed by atoms with Gasteiger partial charge in [-0.25, -0.2) is 4.99 Å². The minimum Gasteiger partial charge on any atom is -0.507 e. The summed E-state index contributed by atoms with van der Waals surface area (Å²) in [4.78, 5) is 69.3. The monoisotopic (exact) mass is 975 g/mol. The molecule has 1 spiro atoms. The first-order valence-corrected chi connectivity index (χ1v) is 25.3. The van der Waals surface area contributed by atoms with Crippen LogP contribution in [0.5, 0.6) is 17.2 Å². The number of phenolic OH excluding ortho intramolecular Hbond substituents is 2. The van der Waals surface area contributed by atoms with Crippen molar-refractivity contribution in [2.75, 3.05) is 38.0 Å². The molecule has 2 amide bonds. The quantitative estimate of drug-likeness (QED) is 0.0920. The number of ketones is 1. The number of aliphatic hydroxyl groups is 1. The summed E-state index contributed by atoms with van der Waals surface area (Å²) in [5.41, 5.74) is 1.30. The van der Waals surface area contributed by atoms with Crippen LogP contribution in [0.3, 0.4) is 0 Å². The normalized spacial score (nSPS) is 26.1. The third-order valence-corrected chi connectivity index (χ3v) is 14.4. The summed E-state index contributed by atoms with van der Waals surface area (Å²) in [7, 11) is 0. The summed E-state index contributed by atoms with van der Waals surface area (Å²) in [5.74, 6) is -4.47. The van der Waals surface area contributed by atoms with E-state index in [9.17, 15) is 34.5 Å². The molecule has 0 aliphatic carbocycles. The SMILES string of the molecule is C/C1=C/C=C/C(C)CCC(O)C[C@H](OC(=O)CC(=O)NC2CCN(Cc3ccccc3)CC2)CC/C=C/OC2(C)Oc3c(C)c(O)c4c(O)c(c5c(c4c3C2=O)NC2(CCN(CC(C)C)CC2)N=5)=NC1=O. The molecule has 6 heterocycles. The molecule has 2 saturated heterocycles. The summed E-state index contributed by atoms with van der Waals surface area (Å²) >= 11 is 0. The number of Topliss-reactive ketones (excluding diaryl/α,β-unsaturated/α-hetero) is 1. The van der Waals surface area contributed by atoms with Gasteiger partial charge in [0.25, 0.3) is 11.7 Å². The van der Waals surface area contributed by atoms with Crippen molar-refractivity contribution < 1.29 is 48.7 Å². The Kier molecular flexibility index (Phi) is 15.7. The number of amides is 2. The summed E-state index contributed by atoms with van der Waals surface area (Å²) in [5, 5.41) is 42.0.